The van der Waals surface area contributed by atoms with Gasteiger partial charge in [-0.05, 0) is 79.3 Å². The van der Waals surface area contributed by atoms with E-state index in [-0.39, 0.29) is 12.4 Å². The van der Waals surface area contributed by atoms with Gasteiger partial charge >= 0.3 is 0 Å². The molecule has 4 N–H and O–H groups in total. The largest absolute Gasteiger partial charge is 0.491 e. The number of hydrogen-bond acceptors (Lipinski definition) is 4. The summed E-state index contributed by atoms with van der Waals surface area (Å²) >= 11 is 5.29. The molecule has 0 fully saturated rings. The van der Waals surface area contributed by atoms with Gasteiger partial charge < -0.3 is 25.8 Å². The summed E-state index contributed by atoms with van der Waals surface area (Å²) in [5.41, 5.74) is 2.76. The molecule has 0 heterocycles. The first kappa shape index (κ1) is 22.7. The quantitative estimate of drug-likeness (QED) is 0.280. The van der Waals surface area contributed by atoms with Crippen molar-refractivity contribution in [2.75, 3.05) is 30.3 Å². The third-order valence-corrected chi connectivity index (χ3v) is 4.67. The highest BCUT2D eigenvalue weighted by Gasteiger charge is 2.05. The molecule has 3 aromatic carbocycles. The van der Waals surface area contributed by atoms with E-state index >= 15 is 0 Å². The predicted molar refractivity (Wildman–Crippen MR) is 127 cm³/mol. The lowest BCUT2D eigenvalue weighted by atomic mass is 10.1. The van der Waals surface area contributed by atoms with Gasteiger partial charge in [0.05, 0.1) is 0 Å². The first-order valence-electron chi connectivity index (χ1n) is 10.1. The summed E-state index contributed by atoms with van der Waals surface area (Å²) in [6, 6.07) is 23.4. The van der Waals surface area contributed by atoms with Gasteiger partial charge in [0.15, 0.2) is 5.11 Å². The maximum atomic E-state index is 13.0. The fourth-order valence-corrected chi connectivity index (χ4v) is 3.09. The van der Waals surface area contributed by atoms with E-state index < -0.39 is 6.10 Å². The van der Waals surface area contributed by atoms with E-state index in [1.54, 1.807) is 12.1 Å². The summed E-state index contributed by atoms with van der Waals surface area (Å²) < 4.78 is 18.5. The van der Waals surface area contributed by atoms with Crippen LogP contribution in [0.2, 0.25) is 0 Å². The molecule has 3 aromatic rings. The minimum Gasteiger partial charge on any atom is -0.491 e. The molecule has 0 aromatic heterocycles. The molecule has 0 saturated carbocycles. The second-order valence-electron chi connectivity index (χ2n) is 7.01. The molecule has 5 nitrogen and oxygen atoms in total. The van der Waals surface area contributed by atoms with E-state index in [0.29, 0.717) is 11.7 Å². The second-order valence-corrected chi connectivity index (χ2v) is 7.42. The monoisotopic (exact) mass is 439 g/mol. The average Bonchev–Trinajstić information content (AvgIpc) is 2.78. The zero-order valence-corrected chi connectivity index (χ0v) is 17.9. The standard InChI is InChI=1S/C24H26FN3O2S/c25-19-8-12-21(13-9-19)28-24(31)27-20-10-6-18(7-11-20)14-15-26-16-22(29)17-30-23-4-2-1-3-5-23/h1-13,22,26,29H,14-17H2,(H2,27,28,31)/t22-/m0/s1. The lowest BCUT2D eigenvalue weighted by molar-refractivity contribution is 0.106. The van der Waals surface area contributed by atoms with Gasteiger partial charge in [-0.25, -0.2) is 4.39 Å². The van der Waals surface area contributed by atoms with Gasteiger partial charge in [0.1, 0.15) is 24.3 Å². The van der Waals surface area contributed by atoms with E-state index in [4.69, 9.17) is 17.0 Å². The SMILES string of the molecule is O[C@@H](CNCCc1ccc(NC(=S)Nc2ccc(F)cc2)cc1)COc1ccccc1. The van der Waals surface area contributed by atoms with Crippen LogP contribution in [0.15, 0.2) is 78.9 Å². The van der Waals surface area contributed by atoms with Crippen molar-refractivity contribution in [3.63, 3.8) is 0 Å². The van der Waals surface area contributed by atoms with Crippen LogP contribution < -0.4 is 20.7 Å². The molecular weight excluding hydrogens is 413 g/mol. The summed E-state index contributed by atoms with van der Waals surface area (Å²) in [7, 11) is 0. The molecule has 0 radical (unpaired) electrons. The van der Waals surface area contributed by atoms with Crippen LogP contribution in [-0.4, -0.2) is 36.0 Å². The van der Waals surface area contributed by atoms with Gasteiger partial charge in [-0.15, -0.1) is 0 Å². The molecule has 0 aliphatic heterocycles. The zero-order valence-electron chi connectivity index (χ0n) is 17.1. The minimum absolute atomic E-state index is 0.253. The van der Waals surface area contributed by atoms with Crippen LogP contribution in [0.25, 0.3) is 0 Å². The van der Waals surface area contributed by atoms with E-state index in [1.165, 1.54) is 17.7 Å². The first-order chi connectivity index (χ1) is 15.1. The Balaban J connectivity index is 1.32. The minimum atomic E-state index is -0.568. The van der Waals surface area contributed by atoms with Gasteiger partial charge in [-0.2, -0.15) is 0 Å². The van der Waals surface area contributed by atoms with Crippen LogP contribution in [0.3, 0.4) is 0 Å². The van der Waals surface area contributed by atoms with Crippen molar-refractivity contribution in [3.8, 4) is 5.75 Å². The van der Waals surface area contributed by atoms with Gasteiger partial charge in [-0.3, -0.25) is 0 Å². The Labute approximate surface area is 187 Å². The Kier molecular flexibility index (Phi) is 8.78. The number of ether oxygens (including phenoxy) is 1. The molecule has 1 atom stereocenters. The molecule has 0 spiro atoms. The highest BCUT2D eigenvalue weighted by atomic mass is 32.1. The molecule has 0 aliphatic carbocycles. The summed E-state index contributed by atoms with van der Waals surface area (Å²) in [6.45, 7) is 1.47. The van der Waals surface area contributed by atoms with Crippen molar-refractivity contribution < 1.29 is 14.2 Å². The molecule has 0 amide bonds. The molecule has 31 heavy (non-hydrogen) atoms. The fraction of sp³-hybridized carbons (Fsp3) is 0.208. The molecule has 3 rings (SSSR count). The molecule has 0 saturated heterocycles. The number of rotatable bonds is 10. The summed E-state index contributed by atoms with van der Waals surface area (Å²) in [5.74, 6) is 0.465. The number of thiocarbonyl (C=S) groups is 1. The molecular formula is C24H26FN3O2S. The molecule has 0 unspecified atom stereocenters. The summed E-state index contributed by atoms with van der Waals surface area (Å²) in [4.78, 5) is 0. The normalized spacial score (nSPS) is 11.5. The van der Waals surface area contributed by atoms with Crippen molar-refractivity contribution >= 4 is 28.7 Å². The third kappa shape index (κ3) is 8.33. The highest BCUT2D eigenvalue weighted by Crippen LogP contribution is 2.13. The third-order valence-electron chi connectivity index (χ3n) is 4.47. The number of hydrogen-bond donors (Lipinski definition) is 4. The van der Waals surface area contributed by atoms with Crippen molar-refractivity contribution in [2.24, 2.45) is 0 Å². The number of anilines is 2. The topological polar surface area (TPSA) is 65.5 Å². The predicted octanol–water partition coefficient (Wildman–Crippen LogP) is 4.21. The Morgan fingerprint density at radius 3 is 2.16 bits per heavy atom. The van der Waals surface area contributed by atoms with Crippen LogP contribution >= 0.6 is 12.2 Å². The lowest BCUT2D eigenvalue weighted by Crippen LogP contribution is -2.32. The van der Waals surface area contributed by atoms with E-state index in [1.807, 2.05) is 54.6 Å². The fourth-order valence-electron chi connectivity index (χ4n) is 2.85. The maximum absolute atomic E-state index is 13.0. The number of benzene rings is 3. The first-order valence-corrected chi connectivity index (χ1v) is 10.5. The van der Waals surface area contributed by atoms with E-state index in [0.717, 1.165) is 30.1 Å². The molecule has 162 valence electrons. The number of halogens is 1. The Morgan fingerprint density at radius 2 is 1.52 bits per heavy atom. The number of nitrogens with one attached hydrogen (secondary N) is 3. The van der Waals surface area contributed by atoms with Crippen molar-refractivity contribution in [1.29, 1.82) is 0 Å². The maximum Gasteiger partial charge on any atom is 0.175 e. The Morgan fingerprint density at radius 1 is 0.903 bits per heavy atom. The van der Waals surface area contributed by atoms with Gasteiger partial charge in [0.2, 0.25) is 0 Å². The number of aliphatic hydroxyl groups is 1. The lowest BCUT2D eigenvalue weighted by Gasteiger charge is -2.13. The summed E-state index contributed by atoms with van der Waals surface area (Å²) in [6.07, 6.45) is 0.270. The van der Waals surface area contributed by atoms with Gasteiger partial charge in [0, 0.05) is 17.9 Å². The van der Waals surface area contributed by atoms with Crippen LogP contribution in [0, 0.1) is 5.82 Å². The van der Waals surface area contributed by atoms with E-state index in [2.05, 4.69) is 16.0 Å². The Hall–Kier alpha value is -3.00. The van der Waals surface area contributed by atoms with Crippen LogP contribution in [0.1, 0.15) is 5.56 Å². The molecule has 0 aliphatic rings. The molecule has 0 bridgehead atoms. The highest BCUT2D eigenvalue weighted by molar-refractivity contribution is 7.80. The van der Waals surface area contributed by atoms with Gasteiger partial charge in [-0.1, -0.05) is 30.3 Å². The summed E-state index contributed by atoms with van der Waals surface area (Å²) in [5, 5.41) is 19.8. The van der Waals surface area contributed by atoms with Crippen molar-refractivity contribution in [1.82, 2.24) is 5.32 Å². The van der Waals surface area contributed by atoms with Crippen LogP contribution in [0.4, 0.5) is 15.8 Å². The van der Waals surface area contributed by atoms with E-state index in [9.17, 15) is 9.50 Å². The average molecular weight is 440 g/mol. The van der Waals surface area contributed by atoms with Crippen LogP contribution in [-0.2, 0) is 6.42 Å². The van der Waals surface area contributed by atoms with Crippen LogP contribution in [0.5, 0.6) is 5.75 Å². The second kappa shape index (κ2) is 12.0. The molecule has 7 heteroatoms. The van der Waals surface area contributed by atoms with Crippen molar-refractivity contribution in [2.45, 2.75) is 12.5 Å². The van der Waals surface area contributed by atoms with Gasteiger partial charge in [0.25, 0.3) is 0 Å². The number of para-hydroxylation sites is 1. The zero-order chi connectivity index (χ0) is 21.9. The Bertz CT molecular complexity index is 937. The smallest absolute Gasteiger partial charge is 0.175 e. The van der Waals surface area contributed by atoms with Crippen molar-refractivity contribution in [3.05, 3.63) is 90.2 Å². The number of aliphatic hydroxyl groups excluding tert-OH is 1.